The Bertz CT molecular complexity index is 448. The highest BCUT2D eigenvalue weighted by Crippen LogP contribution is 2.48. The molecule has 1 heterocycles. The van der Waals surface area contributed by atoms with Crippen LogP contribution in [0.25, 0.3) is 0 Å². The number of benzene rings is 1. The molecule has 2 aliphatic rings. The van der Waals surface area contributed by atoms with E-state index < -0.39 is 0 Å². The Kier molecular flexibility index (Phi) is 3.42. The summed E-state index contributed by atoms with van der Waals surface area (Å²) in [5.74, 6) is 0.672. The van der Waals surface area contributed by atoms with Gasteiger partial charge in [-0.25, -0.2) is 0 Å². The lowest BCUT2D eigenvalue weighted by atomic mass is 9.96. The molecule has 4 heteroatoms. The van der Waals surface area contributed by atoms with Gasteiger partial charge in [0.2, 0.25) is 0 Å². The van der Waals surface area contributed by atoms with Gasteiger partial charge in [-0.2, -0.15) is 0 Å². The van der Waals surface area contributed by atoms with Crippen LogP contribution < -0.4 is 5.73 Å². The van der Waals surface area contributed by atoms with Gasteiger partial charge < -0.3 is 15.4 Å². The normalized spacial score (nSPS) is 22.3. The van der Waals surface area contributed by atoms with Crippen molar-refractivity contribution in [1.29, 1.82) is 0 Å². The van der Waals surface area contributed by atoms with Crippen LogP contribution in [0.15, 0.2) is 35.3 Å². The van der Waals surface area contributed by atoms with E-state index in [1.807, 2.05) is 0 Å². The molecule has 1 aliphatic carbocycles. The molecular weight excluding hydrogens is 238 g/mol. The maximum Gasteiger partial charge on any atom is 0.191 e. The second kappa shape index (κ2) is 5.21. The van der Waals surface area contributed by atoms with Crippen LogP contribution in [-0.4, -0.2) is 43.7 Å². The molecule has 1 saturated carbocycles. The first-order valence-corrected chi connectivity index (χ1v) is 6.98. The number of rotatable bonds is 3. The van der Waals surface area contributed by atoms with Crippen molar-refractivity contribution < 1.29 is 4.74 Å². The molecule has 0 amide bonds. The fourth-order valence-electron chi connectivity index (χ4n) is 2.61. The largest absolute Gasteiger partial charge is 0.378 e. The maximum absolute atomic E-state index is 6.08. The van der Waals surface area contributed by atoms with E-state index in [0.717, 1.165) is 32.8 Å². The number of hydrogen-bond acceptors (Lipinski definition) is 2. The number of ether oxygens (including phenoxy) is 1. The molecule has 0 bridgehead atoms. The van der Waals surface area contributed by atoms with Gasteiger partial charge in [0.15, 0.2) is 5.96 Å². The monoisotopic (exact) mass is 259 g/mol. The number of guanidine groups is 1. The van der Waals surface area contributed by atoms with Gasteiger partial charge in [-0.05, 0) is 18.4 Å². The molecule has 0 spiro atoms. The Morgan fingerprint density at radius 2 is 1.89 bits per heavy atom. The first-order chi connectivity index (χ1) is 9.30. The van der Waals surface area contributed by atoms with Gasteiger partial charge in [-0.1, -0.05) is 30.3 Å². The highest BCUT2D eigenvalue weighted by Gasteiger charge is 2.44. The van der Waals surface area contributed by atoms with Crippen molar-refractivity contribution >= 4 is 5.96 Å². The summed E-state index contributed by atoms with van der Waals surface area (Å²) in [6.07, 6.45) is 2.44. The Morgan fingerprint density at radius 3 is 2.53 bits per heavy atom. The Labute approximate surface area is 114 Å². The SMILES string of the molecule is NC(=NCC1(c2ccccc2)CC1)N1CCOCC1. The Morgan fingerprint density at radius 1 is 1.21 bits per heavy atom. The van der Waals surface area contributed by atoms with Gasteiger partial charge in [0.1, 0.15) is 0 Å². The van der Waals surface area contributed by atoms with Crippen LogP contribution in [0.1, 0.15) is 18.4 Å². The van der Waals surface area contributed by atoms with Crippen LogP contribution in [0.5, 0.6) is 0 Å². The molecule has 0 unspecified atom stereocenters. The Hall–Kier alpha value is -1.55. The van der Waals surface area contributed by atoms with E-state index in [1.54, 1.807) is 0 Å². The molecule has 1 aromatic carbocycles. The van der Waals surface area contributed by atoms with E-state index in [1.165, 1.54) is 18.4 Å². The topological polar surface area (TPSA) is 50.8 Å². The number of morpholine rings is 1. The van der Waals surface area contributed by atoms with Gasteiger partial charge >= 0.3 is 0 Å². The van der Waals surface area contributed by atoms with E-state index >= 15 is 0 Å². The highest BCUT2D eigenvalue weighted by molar-refractivity contribution is 5.78. The fourth-order valence-corrected chi connectivity index (χ4v) is 2.61. The van der Waals surface area contributed by atoms with E-state index in [9.17, 15) is 0 Å². The lowest BCUT2D eigenvalue weighted by molar-refractivity contribution is 0.0674. The van der Waals surface area contributed by atoms with Gasteiger partial charge in [0.05, 0.1) is 19.8 Å². The molecule has 1 aromatic rings. The number of hydrogen-bond donors (Lipinski definition) is 1. The number of nitrogens with two attached hydrogens (primary N) is 1. The third-order valence-corrected chi connectivity index (χ3v) is 4.12. The standard InChI is InChI=1S/C15H21N3O/c16-14(18-8-10-19-11-9-18)17-12-15(6-7-15)13-4-2-1-3-5-13/h1-5H,6-12H2,(H2,16,17). The van der Waals surface area contributed by atoms with Crippen molar-refractivity contribution in [3.05, 3.63) is 35.9 Å². The summed E-state index contributed by atoms with van der Waals surface area (Å²) in [5, 5.41) is 0. The van der Waals surface area contributed by atoms with E-state index in [0.29, 0.717) is 5.96 Å². The molecule has 2 fully saturated rings. The molecular formula is C15H21N3O. The van der Waals surface area contributed by atoms with Crippen LogP contribution in [0.2, 0.25) is 0 Å². The molecule has 1 aliphatic heterocycles. The molecule has 1 saturated heterocycles. The summed E-state index contributed by atoms with van der Waals surface area (Å²) in [7, 11) is 0. The van der Waals surface area contributed by atoms with Crippen molar-refractivity contribution in [2.75, 3.05) is 32.8 Å². The minimum atomic E-state index is 0.248. The predicted molar refractivity (Wildman–Crippen MR) is 76.2 cm³/mol. The smallest absolute Gasteiger partial charge is 0.191 e. The lowest BCUT2D eigenvalue weighted by Crippen LogP contribution is -2.45. The lowest BCUT2D eigenvalue weighted by Gasteiger charge is -2.28. The average Bonchev–Trinajstić information content (AvgIpc) is 3.28. The summed E-state index contributed by atoms with van der Waals surface area (Å²) in [5.41, 5.74) is 7.73. The van der Waals surface area contributed by atoms with E-state index in [4.69, 9.17) is 10.5 Å². The predicted octanol–water partition coefficient (Wildman–Crippen LogP) is 1.37. The summed E-state index contributed by atoms with van der Waals surface area (Å²) in [4.78, 5) is 6.74. The second-order valence-corrected chi connectivity index (χ2v) is 5.42. The van der Waals surface area contributed by atoms with Crippen molar-refractivity contribution in [1.82, 2.24) is 4.90 Å². The fraction of sp³-hybridized carbons (Fsp3) is 0.533. The van der Waals surface area contributed by atoms with E-state index in [-0.39, 0.29) is 5.41 Å². The van der Waals surface area contributed by atoms with Gasteiger partial charge in [0, 0.05) is 18.5 Å². The molecule has 2 N–H and O–H groups in total. The first-order valence-electron chi connectivity index (χ1n) is 6.98. The summed E-state index contributed by atoms with van der Waals surface area (Å²) in [6.45, 7) is 4.02. The van der Waals surface area contributed by atoms with Crippen LogP contribution in [0.3, 0.4) is 0 Å². The minimum absolute atomic E-state index is 0.248. The van der Waals surface area contributed by atoms with Crippen LogP contribution in [-0.2, 0) is 10.2 Å². The van der Waals surface area contributed by atoms with Crippen LogP contribution >= 0.6 is 0 Å². The average molecular weight is 259 g/mol. The number of nitrogens with zero attached hydrogens (tertiary/aromatic N) is 2. The Balaban J connectivity index is 1.65. The summed E-state index contributed by atoms with van der Waals surface area (Å²) < 4.78 is 5.32. The van der Waals surface area contributed by atoms with Gasteiger partial charge in [0.25, 0.3) is 0 Å². The van der Waals surface area contributed by atoms with E-state index in [2.05, 4.69) is 40.2 Å². The van der Waals surface area contributed by atoms with Gasteiger partial charge in [-0.15, -0.1) is 0 Å². The molecule has 102 valence electrons. The van der Waals surface area contributed by atoms with Crippen molar-refractivity contribution in [3.63, 3.8) is 0 Å². The molecule has 19 heavy (non-hydrogen) atoms. The minimum Gasteiger partial charge on any atom is -0.378 e. The summed E-state index contributed by atoms with van der Waals surface area (Å²) >= 11 is 0. The first kappa shape index (κ1) is 12.5. The van der Waals surface area contributed by atoms with Gasteiger partial charge in [-0.3, -0.25) is 4.99 Å². The maximum atomic E-state index is 6.08. The number of aliphatic imine (C=N–C) groups is 1. The van der Waals surface area contributed by atoms with Crippen molar-refractivity contribution in [3.8, 4) is 0 Å². The zero-order chi connectivity index (χ0) is 13.1. The zero-order valence-corrected chi connectivity index (χ0v) is 11.2. The molecule has 0 aromatic heterocycles. The summed E-state index contributed by atoms with van der Waals surface area (Å²) in [6, 6.07) is 10.7. The van der Waals surface area contributed by atoms with Crippen molar-refractivity contribution in [2.45, 2.75) is 18.3 Å². The molecule has 3 rings (SSSR count). The molecule has 0 atom stereocenters. The molecule has 0 radical (unpaired) electrons. The zero-order valence-electron chi connectivity index (χ0n) is 11.2. The highest BCUT2D eigenvalue weighted by atomic mass is 16.5. The van der Waals surface area contributed by atoms with Crippen LogP contribution in [0.4, 0.5) is 0 Å². The quantitative estimate of drug-likeness (QED) is 0.659. The second-order valence-electron chi connectivity index (χ2n) is 5.42. The van der Waals surface area contributed by atoms with Crippen LogP contribution in [0, 0.1) is 0 Å². The molecule has 4 nitrogen and oxygen atoms in total. The van der Waals surface area contributed by atoms with Crippen molar-refractivity contribution in [2.24, 2.45) is 10.7 Å². The third kappa shape index (κ3) is 2.73. The third-order valence-electron chi connectivity index (χ3n) is 4.12.